The van der Waals surface area contributed by atoms with Crippen LogP contribution in [0.1, 0.15) is 16.4 Å². The maximum atomic E-state index is 9.83. The van der Waals surface area contributed by atoms with Gasteiger partial charge < -0.3 is 4.90 Å². The molecule has 0 N–H and O–H groups in total. The monoisotopic (exact) mass is 661 g/mol. The standard InChI is InChI=1S/C50H35N/c1-3-13-36(14-4-1)37-25-30-43(31-26-37)51(45-21-11-20-42(35-45)47-24-12-19-38-17-7-9-22-46(38)47)44-32-27-41(28-33-44)50-48-23-10-8-18-40(48)29-34-49(50)39-15-5-2-6-16-39/h1-35H/i11D,20D,21D,25D,26D,27D,28D,30D,31D,32D,33D,35D. The highest BCUT2D eigenvalue weighted by Gasteiger charge is 2.17. The molecule has 9 aromatic carbocycles. The summed E-state index contributed by atoms with van der Waals surface area (Å²) in [6, 6.07) is 34.5. The van der Waals surface area contributed by atoms with Crippen LogP contribution >= 0.6 is 0 Å². The molecule has 51 heavy (non-hydrogen) atoms. The first-order chi connectivity index (χ1) is 30.3. The van der Waals surface area contributed by atoms with Gasteiger partial charge in [-0.15, -0.1) is 0 Å². The minimum absolute atomic E-state index is 0.0371. The van der Waals surface area contributed by atoms with Crippen molar-refractivity contribution in [3.63, 3.8) is 0 Å². The Bertz CT molecular complexity index is 3250. The number of nitrogens with zero attached hydrogens (tertiary/aromatic N) is 1. The summed E-state index contributed by atoms with van der Waals surface area (Å²) in [4.78, 5) is 0.901. The van der Waals surface area contributed by atoms with E-state index >= 15 is 0 Å². The van der Waals surface area contributed by atoms with Gasteiger partial charge in [0.05, 0.1) is 16.4 Å². The van der Waals surface area contributed by atoms with Crippen LogP contribution in [0.2, 0.25) is 0 Å². The van der Waals surface area contributed by atoms with Crippen LogP contribution in [0.15, 0.2) is 212 Å². The Labute approximate surface area is 316 Å². The summed E-state index contributed by atoms with van der Waals surface area (Å²) < 4.78 is 114. The summed E-state index contributed by atoms with van der Waals surface area (Å²) in [6.07, 6.45) is 0. The van der Waals surface area contributed by atoms with Gasteiger partial charge in [-0.3, -0.25) is 0 Å². The fourth-order valence-electron chi connectivity index (χ4n) is 6.47. The molecule has 0 unspecified atom stereocenters. The second-order valence-corrected chi connectivity index (χ2v) is 12.0. The fraction of sp³-hybridized carbons (Fsp3) is 0. The van der Waals surface area contributed by atoms with Gasteiger partial charge in [0.15, 0.2) is 0 Å². The van der Waals surface area contributed by atoms with Crippen molar-refractivity contribution < 1.29 is 16.4 Å². The molecule has 0 spiro atoms. The zero-order chi connectivity index (χ0) is 44.4. The van der Waals surface area contributed by atoms with Gasteiger partial charge >= 0.3 is 0 Å². The van der Waals surface area contributed by atoms with Gasteiger partial charge in [-0.25, -0.2) is 0 Å². The molecule has 0 fully saturated rings. The number of hydrogen-bond acceptors (Lipinski definition) is 1. The number of fused-ring (bicyclic) bond motifs is 2. The predicted octanol–water partition coefficient (Wildman–Crippen LogP) is 14.1. The van der Waals surface area contributed by atoms with E-state index in [0.717, 1.165) is 21.2 Å². The van der Waals surface area contributed by atoms with Crippen molar-refractivity contribution >= 4 is 38.6 Å². The lowest BCUT2D eigenvalue weighted by atomic mass is 9.89. The minimum atomic E-state index is -0.723. The summed E-state index contributed by atoms with van der Waals surface area (Å²) in [5, 5.41) is 2.84. The van der Waals surface area contributed by atoms with Crippen LogP contribution in [-0.4, -0.2) is 0 Å². The van der Waals surface area contributed by atoms with E-state index in [1.54, 1.807) is 54.6 Å². The maximum Gasteiger partial charge on any atom is 0.0651 e. The molecule has 9 aromatic rings. The second-order valence-electron chi connectivity index (χ2n) is 12.0. The fourth-order valence-corrected chi connectivity index (χ4v) is 6.47. The van der Waals surface area contributed by atoms with Crippen LogP contribution in [0.3, 0.4) is 0 Å². The molecule has 0 heterocycles. The number of anilines is 3. The molecule has 1 heteroatoms. The molecule has 0 bridgehead atoms. The second kappa shape index (κ2) is 13.3. The average molecular weight is 662 g/mol. The van der Waals surface area contributed by atoms with E-state index in [0.29, 0.717) is 33.0 Å². The molecule has 0 atom stereocenters. The Morgan fingerprint density at radius 1 is 0.333 bits per heavy atom. The normalized spacial score (nSPS) is 14.4. The zero-order valence-corrected chi connectivity index (χ0v) is 27.2. The van der Waals surface area contributed by atoms with Crippen LogP contribution in [0, 0.1) is 0 Å². The Kier molecular flexibility index (Phi) is 5.24. The van der Waals surface area contributed by atoms with Gasteiger partial charge in [0.25, 0.3) is 0 Å². The summed E-state index contributed by atoms with van der Waals surface area (Å²) in [5.41, 5.74) is 0.789. The van der Waals surface area contributed by atoms with Gasteiger partial charge in [0.1, 0.15) is 0 Å². The third-order valence-electron chi connectivity index (χ3n) is 8.89. The van der Waals surface area contributed by atoms with Crippen LogP contribution in [0.5, 0.6) is 0 Å². The number of benzene rings is 9. The zero-order valence-electron chi connectivity index (χ0n) is 39.2. The van der Waals surface area contributed by atoms with Crippen molar-refractivity contribution in [3.05, 3.63) is 212 Å². The molecule has 0 aliphatic heterocycles. The van der Waals surface area contributed by atoms with Crippen LogP contribution in [0.4, 0.5) is 17.1 Å². The van der Waals surface area contributed by atoms with E-state index in [1.807, 2.05) is 84.9 Å². The van der Waals surface area contributed by atoms with E-state index < -0.39 is 89.6 Å². The molecule has 0 aliphatic carbocycles. The first kappa shape index (κ1) is 20.1. The summed E-state index contributed by atoms with van der Waals surface area (Å²) >= 11 is 0. The molecule has 0 aliphatic rings. The molecule has 240 valence electrons. The van der Waals surface area contributed by atoms with Gasteiger partial charge in [-0.05, 0) is 102 Å². The van der Waals surface area contributed by atoms with Crippen LogP contribution in [0.25, 0.3) is 66.1 Å². The molecular weight excluding hydrogens is 615 g/mol. The largest absolute Gasteiger partial charge is 0.310 e. The lowest BCUT2D eigenvalue weighted by molar-refractivity contribution is 1.28. The first-order valence-electron chi connectivity index (χ1n) is 22.6. The third kappa shape index (κ3) is 5.86. The Morgan fingerprint density at radius 2 is 0.902 bits per heavy atom. The summed E-state index contributed by atoms with van der Waals surface area (Å²) in [6.45, 7) is 0. The highest BCUT2D eigenvalue weighted by Crippen LogP contribution is 2.42. The molecule has 9 rings (SSSR count). The molecular formula is C50H35N. The van der Waals surface area contributed by atoms with Crippen molar-refractivity contribution in [1.29, 1.82) is 0 Å². The molecule has 0 amide bonds. The van der Waals surface area contributed by atoms with Gasteiger partial charge in [-0.2, -0.15) is 0 Å². The van der Waals surface area contributed by atoms with Crippen molar-refractivity contribution in [2.24, 2.45) is 0 Å². The quantitative estimate of drug-likeness (QED) is 0.164. The molecule has 0 saturated heterocycles. The smallest absolute Gasteiger partial charge is 0.0651 e. The maximum absolute atomic E-state index is 9.83. The van der Waals surface area contributed by atoms with E-state index in [-0.39, 0.29) is 16.7 Å². The van der Waals surface area contributed by atoms with E-state index in [9.17, 15) is 13.7 Å². The lowest BCUT2D eigenvalue weighted by Crippen LogP contribution is -2.10. The average Bonchev–Trinajstić information content (AvgIpc) is 3.30. The predicted molar refractivity (Wildman–Crippen MR) is 218 cm³/mol. The van der Waals surface area contributed by atoms with Crippen LogP contribution in [-0.2, 0) is 0 Å². The van der Waals surface area contributed by atoms with E-state index in [2.05, 4.69) is 0 Å². The van der Waals surface area contributed by atoms with Gasteiger partial charge in [0, 0.05) is 17.1 Å². The molecule has 0 aromatic heterocycles. The summed E-state index contributed by atoms with van der Waals surface area (Å²) in [5.74, 6) is 0. The molecule has 1 nitrogen and oxygen atoms in total. The van der Waals surface area contributed by atoms with Crippen LogP contribution < -0.4 is 4.90 Å². The Hall–Kier alpha value is -6.70. The topological polar surface area (TPSA) is 3.24 Å². The van der Waals surface area contributed by atoms with Crippen molar-refractivity contribution in [1.82, 2.24) is 0 Å². The van der Waals surface area contributed by atoms with Gasteiger partial charge in [-0.1, -0.05) is 176 Å². The Balaban J connectivity index is 1.42. The van der Waals surface area contributed by atoms with Gasteiger partial charge in [0.2, 0.25) is 0 Å². The lowest BCUT2D eigenvalue weighted by Gasteiger charge is -2.27. The van der Waals surface area contributed by atoms with Crippen molar-refractivity contribution in [2.75, 3.05) is 4.90 Å². The van der Waals surface area contributed by atoms with Crippen molar-refractivity contribution in [2.45, 2.75) is 0 Å². The van der Waals surface area contributed by atoms with E-state index in [4.69, 9.17) is 2.74 Å². The molecule has 0 radical (unpaired) electrons. The highest BCUT2D eigenvalue weighted by atomic mass is 15.1. The number of rotatable bonds is 7. The number of hydrogen-bond donors (Lipinski definition) is 0. The summed E-state index contributed by atoms with van der Waals surface area (Å²) in [7, 11) is 0. The van der Waals surface area contributed by atoms with E-state index in [1.165, 1.54) is 0 Å². The minimum Gasteiger partial charge on any atom is -0.310 e. The SMILES string of the molecule is [2H]c1c([2H])c(-c2cccc3ccccc23)c([2H])c(N(c2c([2H])c([2H])c(-c3ccccc3)c([2H])c2[2H])c2c([2H])c([2H])c(-c3c(-c4ccccc4)ccc4ccccc34)c([2H])c2[2H])c1[2H]. The van der Waals surface area contributed by atoms with Crippen molar-refractivity contribution in [3.8, 4) is 44.5 Å². The Morgan fingerprint density at radius 3 is 1.61 bits per heavy atom. The molecule has 0 saturated carbocycles. The first-order valence-corrected chi connectivity index (χ1v) is 16.6. The highest BCUT2D eigenvalue weighted by molar-refractivity contribution is 6.04. The third-order valence-corrected chi connectivity index (χ3v) is 8.89.